The first kappa shape index (κ1) is 18.8. The minimum absolute atomic E-state index is 0.118. The Balaban J connectivity index is 1.56. The summed E-state index contributed by atoms with van der Waals surface area (Å²) < 4.78 is 0. The molecule has 0 saturated carbocycles. The minimum Gasteiger partial charge on any atom is -0.368 e. The van der Waals surface area contributed by atoms with E-state index in [9.17, 15) is 4.79 Å². The highest BCUT2D eigenvalue weighted by molar-refractivity contribution is 5.89. The number of carbonyl (C=O) groups is 1. The van der Waals surface area contributed by atoms with Gasteiger partial charge in [-0.2, -0.15) is 5.26 Å². The summed E-state index contributed by atoms with van der Waals surface area (Å²) in [5.41, 5.74) is 3.86. The number of piperazine rings is 1. The van der Waals surface area contributed by atoms with Crippen molar-refractivity contribution in [2.75, 3.05) is 36.4 Å². The third-order valence-electron chi connectivity index (χ3n) is 4.91. The van der Waals surface area contributed by atoms with Crippen molar-refractivity contribution in [3.8, 4) is 6.07 Å². The van der Waals surface area contributed by atoms with E-state index in [0.29, 0.717) is 24.3 Å². The van der Waals surface area contributed by atoms with Gasteiger partial charge >= 0.3 is 6.03 Å². The van der Waals surface area contributed by atoms with Gasteiger partial charge in [0.05, 0.1) is 11.6 Å². The van der Waals surface area contributed by atoms with Gasteiger partial charge in [0.25, 0.3) is 0 Å². The summed E-state index contributed by atoms with van der Waals surface area (Å²) in [5, 5.41) is 11.8. The van der Waals surface area contributed by atoms with E-state index in [1.54, 1.807) is 24.3 Å². The quantitative estimate of drug-likeness (QED) is 0.870. The second kappa shape index (κ2) is 7.71. The summed E-state index contributed by atoms with van der Waals surface area (Å²) in [5.74, 6) is 0. The molecule has 0 bridgehead atoms. The zero-order valence-electron chi connectivity index (χ0n) is 16.2. The van der Waals surface area contributed by atoms with Crippen LogP contribution in [0, 0.1) is 11.3 Å². The van der Waals surface area contributed by atoms with Crippen LogP contribution in [0.4, 0.5) is 16.2 Å². The molecule has 0 aliphatic carbocycles. The van der Waals surface area contributed by atoms with Crippen LogP contribution in [-0.2, 0) is 5.41 Å². The van der Waals surface area contributed by atoms with Crippen molar-refractivity contribution in [3.05, 3.63) is 59.7 Å². The van der Waals surface area contributed by atoms with Crippen molar-refractivity contribution >= 4 is 17.4 Å². The van der Waals surface area contributed by atoms with E-state index in [-0.39, 0.29) is 11.4 Å². The average molecular weight is 362 g/mol. The normalized spacial score (nSPS) is 14.6. The van der Waals surface area contributed by atoms with Crippen LogP contribution < -0.4 is 10.2 Å². The van der Waals surface area contributed by atoms with E-state index in [4.69, 9.17) is 5.26 Å². The molecule has 1 heterocycles. The van der Waals surface area contributed by atoms with Crippen LogP contribution in [0.15, 0.2) is 48.5 Å². The van der Waals surface area contributed by atoms with Crippen LogP contribution in [0.25, 0.3) is 0 Å². The third kappa shape index (κ3) is 4.59. The van der Waals surface area contributed by atoms with Gasteiger partial charge < -0.3 is 15.1 Å². The zero-order chi connectivity index (χ0) is 19.4. The maximum atomic E-state index is 12.5. The standard InChI is InChI=1S/C22H26N4O/c1-22(2,3)18-7-9-20(10-8-18)25-11-13-26(14-12-25)21(27)24-19-6-4-5-17(15-19)16-23/h4-10,15H,11-14H2,1-3H3,(H,24,27). The molecule has 5 nitrogen and oxygen atoms in total. The van der Waals surface area contributed by atoms with Crippen molar-refractivity contribution in [2.45, 2.75) is 26.2 Å². The van der Waals surface area contributed by atoms with Crippen LogP contribution in [0.3, 0.4) is 0 Å². The number of nitrogens with one attached hydrogen (secondary N) is 1. The number of amides is 2. The van der Waals surface area contributed by atoms with E-state index in [1.807, 2.05) is 4.90 Å². The first-order valence-electron chi connectivity index (χ1n) is 9.28. The highest BCUT2D eigenvalue weighted by atomic mass is 16.2. The molecule has 2 aromatic carbocycles. The summed E-state index contributed by atoms with van der Waals surface area (Å²) in [6.45, 7) is 9.60. The Labute approximate surface area is 161 Å². The van der Waals surface area contributed by atoms with Gasteiger partial charge in [-0.25, -0.2) is 4.79 Å². The molecule has 2 aromatic rings. The lowest BCUT2D eigenvalue weighted by Gasteiger charge is -2.36. The Morgan fingerprint density at radius 2 is 1.70 bits per heavy atom. The molecular weight excluding hydrogens is 336 g/mol. The van der Waals surface area contributed by atoms with Crippen molar-refractivity contribution in [2.24, 2.45) is 0 Å². The van der Waals surface area contributed by atoms with Gasteiger partial charge in [0.15, 0.2) is 0 Å². The number of urea groups is 1. The fourth-order valence-electron chi connectivity index (χ4n) is 3.21. The van der Waals surface area contributed by atoms with Gasteiger partial charge in [0.1, 0.15) is 0 Å². The predicted octanol–water partition coefficient (Wildman–Crippen LogP) is 4.21. The molecule has 0 atom stereocenters. The molecule has 0 spiro atoms. The molecule has 0 aromatic heterocycles. The number of rotatable bonds is 2. The highest BCUT2D eigenvalue weighted by Gasteiger charge is 2.22. The first-order valence-corrected chi connectivity index (χ1v) is 9.28. The number of nitrogens with zero attached hydrogens (tertiary/aromatic N) is 3. The predicted molar refractivity (Wildman–Crippen MR) is 109 cm³/mol. The second-order valence-electron chi connectivity index (χ2n) is 7.89. The van der Waals surface area contributed by atoms with Crippen molar-refractivity contribution in [3.63, 3.8) is 0 Å². The van der Waals surface area contributed by atoms with E-state index >= 15 is 0 Å². The summed E-state index contributed by atoms with van der Waals surface area (Å²) in [4.78, 5) is 16.6. The Morgan fingerprint density at radius 1 is 1.04 bits per heavy atom. The fourth-order valence-corrected chi connectivity index (χ4v) is 3.21. The minimum atomic E-state index is -0.118. The van der Waals surface area contributed by atoms with Crippen LogP contribution in [0.2, 0.25) is 0 Å². The van der Waals surface area contributed by atoms with Crippen molar-refractivity contribution < 1.29 is 4.79 Å². The molecule has 1 fully saturated rings. The number of hydrogen-bond donors (Lipinski definition) is 1. The van der Waals surface area contributed by atoms with E-state index in [2.05, 4.69) is 61.3 Å². The van der Waals surface area contributed by atoms with Crippen LogP contribution in [0.1, 0.15) is 31.9 Å². The molecule has 1 N–H and O–H groups in total. The third-order valence-corrected chi connectivity index (χ3v) is 4.91. The van der Waals surface area contributed by atoms with Gasteiger partial charge in [-0.1, -0.05) is 39.0 Å². The van der Waals surface area contributed by atoms with Gasteiger partial charge in [-0.15, -0.1) is 0 Å². The molecule has 3 rings (SSSR count). The molecule has 1 saturated heterocycles. The smallest absolute Gasteiger partial charge is 0.321 e. The number of nitriles is 1. The number of hydrogen-bond acceptors (Lipinski definition) is 3. The maximum Gasteiger partial charge on any atom is 0.321 e. The van der Waals surface area contributed by atoms with E-state index in [0.717, 1.165) is 13.1 Å². The molecule has 5 heteroatoms. The topological polar surface area (TPSA) is 59.4 Å². The molecule has 140 valence electrons. The molecule has 0 unspecified atom stereocenters. The molecule has 1 aliphatic rings. The maximum absolute atomic E-state index is 12.5. The monoisotopic (exact) mass is 362 g/mol. The lowest BCUT2D eigenvalue weighted by Crippen LogP contribution is -2.50. The Hall–Kier alpha value is -3.00. The number of anilines is 2. The number of carbonyl (C=O) groups excluding carboxylic acids is 1. The molecule has 0 radical (unpaired) electrons. The highest BCUT2D eigenvalue weighted by Crippen LogP contribution is 2.25. The summed E-state index contributed by atoms with van der Waals surface area (Å²) >= 11 is 0. The SMILES string of the molecule is CC(C)(C)c1ccc(N2CCN(C(=O)Nc3cccc(C#N)c3)CC2)cc1. The fraction of sp³-hybridized carbons (Fsp3) is 0.364. The van der Waals surface area contributed by atoms with E-state index < -0.39 is 0 Å². The Bertz CT molecular complexity index is 838. The molecular formula is C22H26N4O. The van der Waals surface area contributed by atoms with Crippen molar-refractivity contribution in [1.82, 2.24) is 4.90 Å². The van der Waals surface area contributed by atoms with Gasteiger partial charge in [-0.05, 0) is 41.3 Å². The van der Waals surface area contributed by atoms with Crippen molar-refractivity contribution in [1.29, 1.82) is 5.26 Å². The average Bonchev–Trinajstić information content (AvgIpc) is 2.67. The van der Waals surface area contributed by atoms with Crippen LogP contribution in [0.5, 0.6) is 0 Å². The zero-order valence-corrected chi connectivity index (χ0v) is 16.2. The largest absolute Gasteiger partial charge is 0.368 e. The summed E-state index contributed by atoms with van der Waals surface area (Å²) in [7, 11) is 0. The van der Waals surface area contributed by atoms with Gasteiger partial charge in [0, 0.05) is 37.6 Å². The van der Waals surface area contributed by atoms with E-state index in [1.165, 1.54) is 11.3 Å². The molecule has 2 amide bonds. The van der Waals surface area contributed by atoms with Crippen LogP contribution >= 0.6 is 0 Å². The summed E-state index contributed by atoms with van der Waals surface area (Å²) in [6.07, 6.45) is 0. The lowest BCUT2D eigenvalue weighted by atomic mass is 9.87. The van der Waals surface area contributed by atoms with Gasteiger partial charge in [0.2, 0.25) is 0 Å². The summed E-state index contributed by atoms with van der Waals surface area (Å²) in [6, 6.07) is 17.7. The second-order valence-corrected chi connectivity index (χ2v) is 7.89. The van der Waals surface area contributed by atoms with Crippen LogP contribution in [-0.4, -0.2) is 37.1 Å². The molecule has 1 aliphatic heterocycles. The Morgan fingerprint density at radius 3 is 2.30 bits per heavy atom. The molecule has 27 heavy (non-hydrogen) atoms. The number of benzene rings is 2. The first-order chi connectivity index (χ1) is 12.9. The Kier molecular flexibility index (Phi) is 5.36. The lowest BCUT2D eigenvalue weighted by molar-refractivity contribution is 0.208. The van der Waals surface area contributed by atoms with Gasteiger partial charge in [-0.3, -0.25) is 0 Å².